The lowest BCUT2D eigenvalue weighted by atomic mass is 10.2. The Morgan fingerprint density at radius 1 is 1.11 bits per heavy atom. The molecular formula is C22H18FN3OS. The van der Waals surface area contributed by atoms with Crippen LogP contribution in [0, 0.1) is 12.7 Å². The fraction of sp³-hybridized carbons (Fsp3) is 0.0909. The van der Waals surface area contributed by atoms with Crippen molar-refractivity contribution in [3.05, 3.63) is 94.7 Å². The molecule has 1 N–H and O–H groups in total. The highest BCUT2D eigenvalue weighted by Gasteiger charge is 2.18. The van der Waals surface area contributed by atoms with Crippen LogP contribution in [0.5, 0.6) is 0 Å². The van der Waals surface area contributed by atoms with Gasteiger partial charge in [-0.3, -0.25) is 4.79 Å². The summed E-state index contributed by atoms with van der Waals surface area (Å²) in [5, 5.41) is 9.55. The fourth-order valence-electron chi connectivity index (χ4n) is 2.92. The Bertz CT molecular complexity index is 1100. The minimum absolute atomic E-state index is 0.235. The second-order valence-corrected chi connectivity index (χ2v) is 7.40. The van der Waals surface area contributed by atoms with Crippen LogP contribution in [0.25, 0.3) is 16.3 Å². The molecule has 0 aliphatic heterocycles. The summed E-state index contributed by atoms with van der Waals surface area (Å²) < 4.78 is 14.7. The summed E-state index contributed by atoms with van der Waals surface area (Å²) in [6, 6.07) is 19.7. The van der Waals surface area contributed by atoms with Crippen LogP contribution in [0.1, 0.15) is 21.6 Å². The molecule has 2 aromatic heterocycles. The van der Waals surface area contributed by atoms with E-state index < -0.39 is 0 Å². The van der Waals surface area contributed by atoms with E-state index in [1.807, 2.05) is 48.7 Å². The highest BCUT2D eigenvalue weighted by molar-refractivity contribution is 7.13. The van der Waals surface area contributed by atoms with E-state index in [1.165, 1.54) is 12.1 Å². The maximum absolute atomic E-state index is 13.1. The summed E-state index contributed by atoms with van der Waals surface area (Å²) in [5.74, 6) is -0.533. The highest BCUT2D eigenvalue weighted by atomic mass is 32.1. The van der Waals surface area contributed by atoms with Gasteiger partial charge >= 0.3 is 0 Å². The third kappa shape index (κ3) is 3.87. The summed E-state index contributed by atoms with van der Waals surface area (Å²) in [4.78, 5) is 13.9. The van der Waals surface area contributed by atoms with Crippen LogP contribution in [0.4, 0.5) is 4.39 Å². The molecule has 4 nitrogen and oxygen atoms in total. The zero-order valence-electron chi connectivity index (χ0n) is 15.2. The first kappa shape index (κ1) is 18.1. The van der Waals surface area contributed by atoms with E-state index in [1.54, 1.807) is 34.2 Å². The lowest BCUT2D eigenvalue weighted by Gasteiger charge is -2.09. The first-order valence-electron chi connectivity index (χ1n) is 8.84. The average Bonchev–Trinajstić information content (AvgIpc) is 3.37. The summed E-state index contributed by atoms with van der Waals surface area (Å²) in [5.41, 5.74) is 3.95. The number of nitrogens with one attached hydrogen (secondary N) is 1. The second kappa shape index (κ2) is 7.78. The minimum Gasteiger partial charge on any atom is -0.347 e. The quantitative estimate of drug-likeness (QED) is 0.522. The van der Waals surface area contributed by atoms with Gasteiger partial charge in [0.1, 0.15) is 17.2 Å². The van der Waals surface area contributed by atoms with E-state index >= 15 is 0 Å². The Morgan fingerprint density at radius 2 is 1.93 bits per heavy atom. The predicted octanol–water partition coefficient (Wildman–Crippen LogP) is 4.98. The van der Waals surface area contributed by atoms with Crippen molar-refractivity contribution >= 4 is 17.2 Å². The van der Waals surface area contributed by atoms with E-state index in [9.17, 15) is 9.18 Å². The fourth-order valence-corrected chi connectivity index (χ4v) is 3.60. The number of hydrogen-bond donors (Lipinski definition) is 1. The van der Waals surface area contributed by atoms with Gasteiger partial charge in [0.05, 0.1) is 10.6 Å². The van der Waals surface area contributed by atoms with Crippen molar-refractivity contribution in [2.75, 3.05) is 0 Å². The molecule has 0 radical (unpaired) electrons. The van der Waals surface area contributed by atoms with Crippen molar-refractivity contribution in [3.8, 4) is 16.3 Å². The predicted molar refractivity (Wildman–Crippen MR) is 109 cm³/mol. The number of carbonyl (C=O) groups is 1. The van der Waals surface area contributed by atoms with Gasteiger partial charge in [-0.05, 0) is 59.8 Å². The molecule has 0 saturated heterocycles. The molecule has 0 aliphatic rings. The maximum atomic E-state index is 13.1. The van der Waals surface area contributed by atoms with Crippen LogP contribution in [-0.2, 0) is 6.54 Å². The summed E-state index contributed by atoms with van der Waals surface area (Å²) in [6.07, 6.45) is 0. The van der Waals surface area contributed by atoms with E-state index in [-0.39, 0.29) is 11.7 Å². The SMILES string of the molecule is Cc1cccc(-n2nc(-c3cccs3)cc2C(=O)NCc2ccc(F)cc2)c1. The lowest BCUT2D eigenvalue weighted by molar-refractivity contribution is 0.0943. The van der Waals surface area contributed by atoms with Gasteiger partial charge in [0.2, 0.25) is 0 Å². The molecule has 2 aromatic carbocycles. The van der Waals surface area contributed by atoms with Gasteiger partial charge < -0.3 is 5.32 Å². The van der Waals surface area contributed by atoms with Gasteiger partial charge in [0.15, 0.2) is 0 Å². The van der Waals surface area contributed by atoms with E-state index in [2.05, 4.69) is 10.4 Å². The number of aryl methyl sites for hydroxylation is 1. The third-order valence-electron chi connectivity index (χ3n) is 4.33. The Hall–Kier alpha value is -3.25. The molecule has 0 aliphatic carbocycles. The first-order chi connectivity index (χ1) is 13.6. The molecule has 28 heavy (non-hydrogen) atoms. The standard InChI is InChI=1S/C22H18FN3OS/c1-15-4-2-5-18(12-15)26-20(13-19(25-26)21-6-3-11-28-21)22(27)24-14-16-7-9-17(23)10-8-16/h2-13H,14H2,1H3,(H,24,27). The smallest absolute Gasteiger partial charge is 0.270 e. The number of halogens is 1. The van der Waals surface area contributed by atoms with Crippen molar-refractivity contribution in [1.29, 1.82) is 0 Å². The minimum atomic E-state index is -0.298. The molecule has 0 unspecified atom stereocenters. The van der Waals surface area contributed by atoms with Crippen LogP contribution >= 0.6 is 11.3 Å². The van der Waals surface area contributed by atoms with Gasteiger partial charge in [-0.25, -0.2) is 9.07 Å². The zero-order chi connectivity index (χ0) is 19.5. The molecule has 0 fully saturated rings. The van der Waals surface area contributed by atoms with Gasteiger partial charge in [0.25, 0.3) is 5.91 Å². The Kier molecular flexibility index (Phi) is 5.04. The molecule has 0 spiro atoms. The van der Waals surface area contributed by atoms with Crippen LogP contribution in [0.2, 0.25) is 0 Å². The van der Waals surface area contributed by atoms with E-state index in [0.29, 0.717) is 12.2 Å². The Morgan fingerprint density at radius 3 is 2.64 bits per heavy atom. The van der Waals surface area contributed by atoms with Crippen LogP contribution < -0.4 is 5.32 Å². The molecule has 4 aromatic rings. The molecule has 1 amide bonds. The van der Waals surface area contributed by atoms with Crippen LogP contribution in [-0.4, -0.2) is 15.7 Å². The van der Waals surface area contributed by atoms with Gasteiger partial charge in [-0.2, -0.15) is 5.10 Å². The number of carbonyl (C=O) groups excluding carboxylic acids is 1. The molecule has 2 heterocycles. The molecule has 0 atom stereocenters. The number of hydrogen-bond acceptors (Lipinski definition) is 3. The topological polar surface area (TPSA) is 46.9 Å². The zero-order valence-corrected chi connectivity index (χ0v) is 16.0. The summed E-state index contributed by atoms with van der Waals surface area (Å²) >= 11 is 1.58. The van der Waals surface area contributed by atoms with Gasteiger partial charge in [-0.15, -0.1) is 11.3 Å². The highest BCUT2D eigenvalue weighted by Crippen LogP contribution is 2.26. The molecule has 0 saturated carbocycles. The normalized spacial score (nSPS) is 10.8. The van der Waals surface area contributed by atoms with Crippen molar-refractivity contribution in [2.45, 2.75) is 13.5 Å². The molecule has 6 heteroatoms. The lowest BCUT2D eigenvalue weighted by Crippen LogP contribution is -2.25. The number of nitrogens with zero attached hydrogens (tertiary/aromatic N) is 2. The molecule has 4 rings (SSSR count). The number of amides is 1. The van der Waals surface area contributed by atoms with E-state index in [4.69, 9.17) is 0 Å². The van der Waals surface area contributed by atoms with Crippen molar-refractivity contribution in [2.24, 2.45) is 0 Å². The number of rotatable bonds is 5. The van der Waals surface area contributed by atoms with Crippen molar-refractivity contribution < 1.29 is 9.18 Å². The Balaban J connectivity index is 1.66. The first-order valence-corrected chi connectivity index (χ1v) is 9.72. The number of thiophene rings is 1. The molecule has 140 valence electrons. The van der Waals surface area contributed by atoms with Crippen molar-refractivity contribution in [1.82, 2.24) is 15.1 Å². The van der Waals surface area contributed by atoms with Crippen LogP contribution in [0.15, 0.2) is 72.1 Å². The third-order valence-corrected chi connectivity index (χ3v) is 5.22. The number of aromatic nitrogens is 2. The average molecular weight is 391 g/mol. The van der Waals surface area contributed by atoms with E-state index in [0.717, 1.165) is 27.4 Å². The molecule has 0 bridgehead atoms. The summed E-state index contributed by atoms with van der Waals surface area (Å²) in [6.45, 7) is 2.31. The largest absolute Gasteiger partial charge is 0.347 e. The molecular weight excluding hydrogens is 373 g/mol. The van der Waals surface area contributed by atoms with Crippen molar-refractivity contribution in [3.63, 3.8) is 0 Å². The maximum Gasteiger partial charge on any atom is 0.270 e. The number of benzene rings is 2. The van der Waals surface area contributed by atoms with Gasteiger partial charge in [0, 0.05) is 6.54 Å². The van der Waals surface area contributed by atoms with Gasteiger partial charge in [-0.1, -0.05) is 30.3 Å². The summed E-state index contributed by atoms with van der Waals surface area (Å²) in [7, 11) is 0. The van der Waals surface area contributed by atoms with Crippen LogP contribution in [0.3, 0.4) is 0 Å². The Labute approximate surface area is 166 Å². The monoisotopic (exact) mass is 391 g/mol. The second-order valence-electron chi connectivity index (χ2n) is 6.45.